The van der Waals surface area contributed by atoms with Gasteiger partial charge in [0.25, 0.3) is 0 Å². The number of anilines is 1. The molecule has 148 valence electrons. The van der Waals surface area contributed by atoms with Crippen molar-refractivity contribution in [1.82, 2.24) is 4.90 Å². The molecule has 0 saturated carbocycles. The van der Waals surface area contributed by atoms with Crippen LogP contribution in [-0.4, -0.2) is 37.0 Å². The van der Waals surface area contributed by atoms with Gasteiger partial charge in [0.15, 0.2) is 0 Å². The minimum Gasteiger partial charge on any atom is -0.497 e. The highest BCUT2D eigenvalue weighted by atomic mass is 19.1. The van der Waals surface area contributed by atoms with E-state index in [-0.39, 0.29) is 24.2 Å². The van der Waals surface area contributed by atoms with Crippen molar-refractivity contribution >= 4 is 17.5 Å². The molecule has 1 heterocycles. The second-order valence-electron chi connectivity index (χ2n) is 6.65. The van der Waals surface area contributed by atoms with Crippen molar-refractivity contribution in [3.05, 3.63) is 53.8 Å². The molecule has 0 aliphatic carbocycles. The lowest BCUT2D eigenvalue weighted by Gasteiger charge is -2.34. The first-order valence-electron chi connectivity index (χ1n) is 9.08. The normalized spacial score (nSPS) is 16.6. The summed E-state index contributed by atoms with van der Waals surface area (Å²) in [5.41, 5.74) is 1.30. The number of amides is 2. The van der Waals surface area contributed by atoms with E-state index in [1.54, 1.807) is 35.2 Å². The molecule has 1 unspecified atom stereocenters. The Labute approximate surface area is 163 Å². The van der Waals surface area contributed by atoms with Crippen molar-refractivity contribution in [2.24, 2.45) is 0 Å². The molecule has 0 spiro atoms. The Hall–Kier alpha value is -3.09. The number of nitrogens with zero attached hydrogens (tertiary/aromatic N) is 1. The Morgan fingerprint density at radius 2 is 1.79 bits per heavy atom. The summed E-state index contributed by atoms with van der Waals surface area (Å²) in [5, 5.41) is 2.85. The number of methoxy groups -OCH3 is 2. The number of carbonyl (C=O) groups excluding carboxylic acids is 2. The molecule has 2 aromatic rings. The Morgan fingerprint density at radius 1 is 1.14 bits per heavy atom. The molecule has 1 atom stereocenters. The molecule has 0 radical (unpaired) electrons. The average Bonchev–Trinajstić information content (AvgIpc) is 2.70. The third kappa shape index (κ3) is 4.60. The third-order valence-corrected chi connectivity index (χ3v) is 4.75. The molecule has 1 fully saturated rings. The van der Waals surface area contributed by atoms with Gasteiger partial charge in [-0.15, -0.1) is 0 Å². The predicted octanol–water partition coefficient (Wildman–Crippen LogP) is 3.36. The van der Waals surface area contributed by atoms with Crippen LogP contribution in [-0.2, 0) is 16.1 Å². The quantitative estimate of drug-likeness (QED) is 0.827. The number of carbonyl (C=O) groups is 2. The standard InChI is InChI=1S/C21H23FN2O4/c1-27-17-10-16(11-18(12-17)28-2)23-21(26)19-4-3-5-20(25)24(19)13-14-6-8-15(22)9-7-14/h6-12,19H,3-5,13H2,1-2H3,(H,23,26). The van der Waals surface area contributed by atoms with Gasteiger partial charge in [-0.3, -0.25) is 9.59 Å². The van der Waals surface area contributed by atoms with Gasteiger partial charge >= 0.3 is 0 Å². The van der Waals surface area contributed by atoms with Crippen molar-refractivity contribution in [1.29, 1.82) is 0 Å². The topological polar surface area (TPSA) is 67.9 Å². The summed E-state index contributed by atoms with van der Waals surface area (Å²) in [4.78, 5) is 26.9. The zero-order chi connectivity index (χ0) is 20.1. The van der Waals surface area contributed by atoms with Gasteiger partial charge in [-0.1, -0.05) is 12.1 Å². The van der Waals surface area contributed by atoms with Gasteiger partial charge in [0, 0.05) is 36.9 Å². The molecule has 1 aliphatic heterocycles. The maximum absolute atomic E-state index is 13.1. The lowest BCUT2D eigenvalue weighted by atomic mass is 9.99. The van der Waals surface area contributed by atoms with E-state index in [0.717, 1.165) is 5.56 Å². The maximum atomic E-state index is 13.1. The van der Waals surface area contributed by atoms with Crippen LogP contribution in [0.2, 0.25) is 0 Å². The van der Waals surface area contributed by atoms with Crippen molar-refractivity contribution in [2.75, 3.05) is 19.5 Å². The molecular weight excluding hydrogens is 363 g/mol. The zero-order valence-electron chi connectivity index (χ0n) is 15.9. The molecule has 0 aromatic heterocycles. The van der Waals surface area contributed by atoms with Gasteiger partial charge in [-0.05, 0) is 30.5 Å². The minimum atomic E-state index is -0.594. The summed E-state index contributed by atoms with van der Waals surface area (Å²) in [7, 11) is 3.06. The number of benzene rings is 2. The molecule has 1 aliphatic rings. The molecule has 2 aromatic carbocycles. The van der Waals surface area contributed by atoms with Crippen LogP contribution in [0.15, 0.2) is 42.5 Å². The van der Waals surface area contributed by atoms with E-state index >= 15 is 0 Å². The fourth-order valence-electron chi connectivity index (χ4n) is 3.28. The fraction of sp³-hybridized carbons (Fsp3) is 0.333. The number of halogens is 1. The number of rotatable bonds is 6. The molecule has 3 rings (SSSR count). The van der Waals surface area contributed by atoms with Gasteiger partial charge in [0.05, 0.1) is 14.2 Å². The monoisotopic (exact) mass is 386 g/mol. The summed E-state index contributed by atoms with van der Waals surface area (Å²) in [6.45, 7) is 0.263. The number of piperidine rings is 1. The molecule has 2 amide bonds. The van der Waals surface area contributed by atoms with Crippen LogP contribution >= 0.6 is 0 Å². The highest BCUT2D eigenvalue weighted by Crippen LogP contribution is 2.27. The molecule has 7 heteroatoms. The van der Waals surface area contributed by atoms with Crippen LogP contribution in [0.5, 0.6) is 11.5 Å². The maximum Gasteiger partial charge on any atom is 0.247 e. The molecule has 0 bridgehead atoms. The lowest BCUT2D eigenvalue weighted by Crippen LogP contribution is -2.49. The van der Waals surface area contributed by atoms with Gasteiger partial charge in [-0.2, -0.15) is 0 Å². The second-order valence-corrected chi connectivity index (χ2v) is 6.65. The summed E-state index contributed by atoms with van der Waals surface area (Å²) >= 11 is 0. The molecule has 6 nitrogen and oxygen atoms in total. The molecule has 1 N–H and O–H groups in total. The first kappa shape index (κ1) is 19.7. The van der Waals surface area contributed by atoms with Crippen LogP contribution in [0.1, 0.15) is 24.8 Å². The zero-order valence-corrected chi connectivity index (χ0v) is 15.9. The number of nitrogens with one attached hydrogen (secondary N) is 1. The first-order valence-corrected chi connectivity index (χ1v) is 9.08. The van der Waals surface area contributed by atoms with Crippen molar-refractivity contribution in [2.45, 2.75) is 31.8 Å². The highest BCUT2D eigenvalue weighted by Gasteiger charge is 2.33. The van der Waals surface area contributed by atoms with Gasteiger partial charge in [-0.25, -0.2) is 4.39 Å². The fourth-order valence-corrected chi connectivity index (χ4v) is 3.28. The van der Waals surface area contributed by atoms with Crippen LogP contribution < -0.4 is 14.8 Å². The van der Waals surface area contributed by atoms with E-state index in [9.17, 15) is 14.0 Å². The van der Waals surface area contributed by atoms with Crippen molar-refractivity contribution in [3.8, 4) is 11.5 Å². The Balaban J connectivity index is 1.78. The highest BCUT2D eigenvalue weighted by molar-refractivity contribution is 5.98. The SMILES string of the molecule is COc1cc(NC(=O)C2CCCC(=O)N2Cc2ccc(F)cc2)cc(OC)c1. The largest absolute Gasteiger partial charge is 0.497 e. The first-order chi connectivity index (χ1) is 13.5. The Morgan fingerprint density at radius 3 is 2.39 bits per heavy atom. The predicted molar refractivity (Wildman–Crippen MR) is 103 cm³/mol. The smallest absolute Gasteiger partial charge is 0.247 e. The molecule has 28 heavy (non-hydrogen) atoms. The Kier molecular flexibility index (Phi) is 6.13. The molecular formula is C21H23FN2O4. The van der Waals surface area contributed by atoms with Crippen LogP contribution in [0.25, 0.3) is 0 Å². The van der Waals surface area contributed by atoms with E-state index in [2.05, 4.69) is 5.32 Å². The number of hydrogen-bond donors (Lipinski definition) is 1. The third-order valence-electron chi connectivity index (χ3n) is 4.75. The van der Waals surface area contributed by atoms with Crippen LogP contribution in [0.4, 0.5) is 10.1 Å². The lowest BCUT2D eigenvalue weighted by molar-refractivity contribution is -0.142. The van der Waals surface area contributed by atoms with Gasteiger partial charge in [0.2, 0.25) is 11.8 Å². The van der Waals surface area contributed by atoms with Crippen molar-refractivity contribution < 1.29 is 23.5 Å². The minimum absolute atomic E-state index is 0.0843. The summed E-state index contributed by atoms with van der Waals surface area (Å²) in [5.74, 6) is 0.412. The van der Waals surface area contributed by atoms with Gasteiger partial charge < -0.3 is 19.7 Å². The van der Waals surface area contributed by atoms with Crippen LogP contribution in [0, 0.1) is 5.82 Å². The summed E-state index contributed by atoms with van der Waals surface area (Å²) in [6, 6.07) is 10.4. The van der Waals surface area contributed by atoms with E-state index in [0.29, 0.717) is 36.4 Å². The van der Waals surface area contributed by atoms with Crippen molar-refractivity contribution in [3.63, 3.8) is 0 Å². The van der Waals surface area contributed by atoms with E-state index in [1.165, 1.54) is 26.4 Å². The average molecular weight is 386 g/mol. The Bertz CT molecular complexity index is 832. The van der Waals surface area contributed by atoms with E-state index in [1.807, 2.05) is 0 Å². The molecule has 1 saturated heterocycles. The summed E-state index contributed by atoms with van der Waals surface area (Å²) in [6.07, 6.45) is 1.62. The van der Waals surface area contributed by atoms with Gasteiger partial charge in [0.1, 0.15) is 23.4 Å². The number of ether oxygens (including phenoxy) is 2. The van der Waals surface area contributed by atoms with E-state index in [4.69, 9.17) is 9.47 Å². The summed E-state index contributed by atoms with van der Waals surface area (Å²) < 4.78 is 23.6. The second kappa shape index (κ2) is 8.73. The number of hydrogen-bond acceptors (Lipinski definition) is 4. The van der Waals surface area contributed by atoms with E-state index < -0.39 is 6.04 Å². The number of likely N-dealkylation sites (tertiary alicyclic amines) is 1. The van der Waals surface area contributed by atoms with Crippen LogP contribution in [0.3, 0.4) is 0 Å².